The number of nitrogens with zero attached hydrogens (tertiary/aromatic N) is 5. The third kappa shape index (κ3) is 18.1. The molecule has 18 heteroatoms. The van der Waals surface area contributed by atoms with Gasteiger partial charge in [-0.25, -0.2) is 14.4 Å². The Morgan fingerprint density at radius 2 is 1.13 bits per heavy atom. The number of carbonyl (C=O) groups is 3. The molecule has 0 spiro atoms. The van der Waals surface area contributed by atoms with Crippen molar-refractivity contribution in [1.82, 2.24) is 29.8 Å². The molecule has 0 bridgehead atoms. The zero-order chi connectivity index (χ0) is 48.7. The second-order valence-electron chi connectivity index (χ2n) is 19.1. The van der Waals surface area contributed by atoms with Gasteiger partial charge in [0, 0.05) is 57.8 Å². The molecule has 4 heterocycles. The molecule has 0 saturated carbocycles. The van der Waals surface area contributed by atoms with Crippen molar-refractivity contribution in [2.75, 3.05) is 63.2 Å². The summed E-state index contributed by atoms with van der Waals surface area (Å²) in [6, 6.07) is 14.8. The lowest BCUT2D eigenvalue weighted by Gasteiger charge is -2.33. The summed E-state index contributed by atoms with van der Waals surface area (Å²) in [6.45, 7) is 23.8. The zero-order valence-electron chi connectivity index (χ0n) is 40.6. The van der Waals surface area contributed by atoms with Gasteiger partial charge in [0.05, 0.1) is 39.5 Å². The average molecular weight is 970 g/mol. The maximum Gasteiger partial charge on any atom is 0.412 e. The van der Waals surface area contributed by atoms with Gasteiger partial charge >= 0.3 is 18.3 Å². The van der Waals surface area contributed by atoms with Crippen molar-refractivity contribution in [1.29, 1.82) is 0 Å². The van der Waals surface area contributed by atoms with Crippen molar-refractivity contribution in [3.05, 3.63) is 81.1 Å². The molecule has 3 N–H and O–H groups in total. The SMILES string of the molecule is Cc1cc(NC(=O)OCC2CCN(C(=O)OC(C)(C)C)CC2)nn1Cc1cc(Cl)ccc1OCC(C)C.Cc1cc(NC(=O)OCC2CCNCC2)nn1Cc1cc(Cl)ccc1OCC(C)C. The molecule has 368 valence electrons. The second-order valence-corrected chi connectivity index (χ2v) is 20.0. The molecule has 0 aliphatic carbocycles. The Hall–Kier alpha value is -5.19. The van der Waals surface area contributed by atoms with Crippen LogP contribution in [0.1, 0.15) is 96.7 Å². The average Bonchev–Trinajstić information content (AvgIpc) is 3.79. The highest BCUT2D eigenvalue weighted by Gasteiger charge is 2.28. The maximum absolute atomic E-state index is 12.4. The predicted molar refractivity (Wildman–Crippen MR) is 262 cm³/mol. The van der Waals surface area contributed by atoms with Crippen molar-refractivity contribution in [3.8, 4) is 11.5 Å². The van der Waals surface area contributed by atoms with Crippen LogP contribution in [0.3, 0.4) is 0 Å². The van der Waals surface area contributed by atoms with Crippen molar-refractivity contribution in [2.24, 2.45) is 23.7 Å². The molecule has 6 rings (SSSR count). The molecule has 0 atom stereocenters. The predicted octanol–water partition coefficient (Wildman–Crippen LogP) is 10.6. The largest absolute Gasteiger partial charge is 0.493 e. The molecule has 2 saturated heterocycles. The van der Waals surface area contributed by atoms with Crippen molar-refractivity contribution < 1.29 is 38.1 Å². The minimum absolute atomic E-state index is 0.191. The van der Waals surface area contributed by atoms with Crippen LogP contribution in [0, 0.1) is 37.5 Å². The lowest BCUT2D eigenvalue weighted by molar-refractivity contribution is 0.0152. The summed E-state index contributed by atoms with van der Waals surface area (Å²) >= 11 is 12.4. The number of nitrogens with one attached hydrogen (secondary N) is 3. The topological polar surface area (TPSA) is 172 Å². The summed E-state index contributed by atoms with van der Waals surface area (Å²) in [5, 5.41) is 19.0. The molecule has 2 aromatic heterocycles. The van der Waals surface area contributed by atoms with E-state index in [9.17, 15) is 14.4 Å². The lowest BCUT2D eigenvalue weighted by atomic mass is 9.98. The van der Waals surface area contributed by atoms with Crippen LogP contribution in [0.15, 0.2) is 48.5 Å². The fraction of sp³-hybridized carbons (Fsp3) is 0.571. The summed E-state index contributed by atoms with van der Waals surface area (Å²) in [7, 11) is 0. The highest BCUT2D eigenvalue weighted by atomic mass is 35.5. The number of halogens is 2. The van der Waals surface area contributed by atoms with Crippen LogP contribution in [0.2, 0.25) is 10.0 Å². The van der Waals surface area contributed by atoms with Crippen LogP contribution in [-0.4, -0.2) is 101 Å². The van der Waals surface area contributed by atoms with Crippen LogP contribution in [0.4, 0.5) is 26.0 Å². The van der Waals surface area contributed by atoms with Gasteiger partial charge in [-0.3, -0.25) is 20.0 Å². The van der Waals surface area contributed by atoms with Gasteiger partial charge in [0.2, 0.25) is 0 Å². The number of anilines is 2. The summed E-state index contributed by atoms with van der Waals surface area (Å²) in [5.74, 6) is 3.86. The van der Waals surface area contributed by atoms with Gasteiger partial charge < -0.3 is 33.9 Å². The third-order valence-corrected chi connectivity index (χ3v) is 11.3. The molecule has 3 amide bonds. The van der Waals surface area contributed by atoms with Crippen LogP contribution in [0.5, 0.6) is 11.5 Å². The lowest BCUT2D eigenvalue weighted by Crippen LogP contribution is -2.42. The highest BCUT2D eigenvalue weighted by molar-refractivity contribution is 6.31. The first-order valence-corrected chi connectivity index (χ1v) is 24.0. The van der Waals surface area contributed by atoms with Gasteiger partial charge in [-0.2, -0.15) is 10.2 Å². The van der Waals surface area contributed by atoms with E-state index in [4.69, 9.17) is 46.9 Å². The van der Waals surface area contributed by atoms with Crippen molar-refractivity contribution >= 4 is 53.1 Å². The number of amides is 3. The van der Waals surface area contributed by atoms with Crippen LogP contribution in [-0.2, 0) is 27.3 Å². The number of ether oxygens (including phenoxy) is 5. The summed E-state index contributed by atoms with van der Waals surface area (Å²) < 4.78 is 31.7. The molecule has 4 aromatic rings. The molecule has 0 unspecified atom stereocenters. The van der Waals surface area contributed by atoms with Crippen LogP contribution in [0.25, 0.3) is 0 Å². The molecule has 2 aliphatic heterocycles. The van der Waals surface area contributed by atoms with Gasteiger partial charge in [-0.15, -0.1) is 0 Å². The molecular formula is C49H70Cl2N8O8. The van der Waals surface area contributed by atoms with E-state index in [-0.39, 0.29) is 18.6 Å². The zero-order valence-corrected chi connectivity index (χ0v) is 42.1. The Kier molecular flexibility index (Phi) is 19.9. The monoisotopic (exact) mass is 968 g/mol. The molecule has 16 nitrogen and oxygen atoms in total. The van der Waals surface area contributed by atoms with Gasteiger partial charge in [0.15, 0.2) is 11.6 Å². The molecule has 2 fully saturated rings. The van der Waals surface area contributed by atoms with E-state index in [1.165, 1.54) is 0 Å². The van der Waals surface area contributed by atoms with E-state index in [1.807, 2.05) is 75.7 Å². The van der Waals surface area contributed by atoms with Crippen molar-refractivity contribution in [3.63, 3.8) is 0 Å². The number of hydrogen-bond donors (Lipinski definition) is 3. The van der Waals surface area contributed by atoms with E-state index >= 15 is 0 Å². The van der Waals surface area contributed by atoms with Gasteiger partial charge in [0.1, 0.15) is 17.1 Å². The van der Waals surface area contributed by atoms with Crippen molar-refractivity contribution in [2.45, 2.75) is 107 Å². The van der Waals surface area contributed by atoms with E-state index in [0.29, 0.717) is 85.4 Å². The Balaban J connectivity index is 0.000000256. The Labute approximate surface area is 405 Å². The van der Waals surface area contributed by atoms with Gasteiger partial charge in [-0.05, 0) is 133 Å². The first kappa shape index (κ1) is 52.8. The smallest absolute Gasteiger partial charge is 0.412 e. The number of hydrogen-bond acceptors (Lipinski definition) is 11. The Morgan fingerprint density at radius 3 is 1.55 bits per heavy atom. The summed E-state index contributed by atoms with van der Waals surface area (Å²) in [6.07, 6.45) is 2.24. The number of aromatic nitrogens is 4. The number of carbonyl (C=O) groups excluding carboxylic acids is 3. The molecule has 2 aliphatic rings. The molecule has 67 heavy (non-hydrogen) atoms. The number of benzene rings is 2. The summed E-state index contributed by atoms with van der Waals surface area (Å²) in [5.41, 5.74) is 3.12. The standard InChI is InChI=1S/C27H39ClN4O5.C22H31ClN4O3/c1-18(2)16-35-23-8-7-22(28)14-21(23)15-32-19(3)13-24(30-32)29-25(33)36-17-20-9-11-31(12-10-20)26(34)37-27(4,5)6;1-15(2)13-29-20-5-4-19(23)11-18(20)12-27-16(3)10-21(26-27)25-22(28)30-14-17-6-8-24-9-7-17/h7-8,13-14,18,20H,9-12,15-17H2,1-6H3,(H,29,30,33);4-5,10-11,15,17,24H,6-9,12-14H2,1-3H3,(H,25,26,28). The number of aryl methyl sites for hydroxylation is 2. The van der Waals surface area contributed by atoms with Crippen LogP contribution >= 0.6 is 23.2 Å². The summed E-state index contributed by atoms with van der Waals surface area (Å²) in [4.78, 5) is 38.5. The van der Waals surface area contributed by atoms with E-state index < -0.39 is 17.8 Å². The van der Waals surface area contributed by atoms with Gasteiger partial charge in [-0.1, -0.05) is 50.9 Å². The molecular weight excluding hydrogens is 899 g/mol. The number of piperidine rings is 2. The Morgan fingerprint density at radius 1 is 0.701 bits per heavy atom. The Bertz CT molecular complexity index is 2230. The maximum atomic E-state index is 12.4. The van der Waals surface area contributed by atoms with Crippen LogP contribution < -0.4 is 25.4 Å². The first-order valence-electron chi connectivity index (χ1n) is 23.3. The minimum atomic E-state index is -0.553. The fourth-order valence-corrected chi connectivity index (χ4v) is 7.64. The highest BCUT2D eigenvalue weighted by Crippen LogP contribution is 2.28. The number of likely N-dealkylation sites (tertiary alicyclic amines) is 1. The molecule has 2 aromatic carbocycles. The van der Waals surface area contributed by atoms with E-state index in [1.54, 1.807) is 21.7 Å². The second kappa shape index (κ2) is 25.3. The quantitative estimate of drug-likeness (QED) is 0.0913. The third-order valence-electron chi connectivity index (χ3n) is 10.9. The fourth-order valence-electron chi connectivity index (χ4n) is 7.25. The normalized spacial score (nSPS) is 14.6. The van der Waals surface area contributed by atoms with E-state index in [2.05, 4.69) is 53.8 Å². The van der Waals surface area contributed by atoms with E-state index in [0.717, 1.165) is 72.8 Å². The first-order chi connectivity index (χ1) is 31.8. The van der Waals surface area contributed by atoms with Gasteiger partial charge in [0.25, 0.3) is 0 Å². The minimum Gasteiger partial charge on any atom is -0.493 e. The molecule has 0 radical (unpaired) electrons. The number of rotatable bonds is 16.